The number of hydrogen-bond acceptors (Lipinski definition) is 3. The molecular weight excluding hydrogens is 262 g/mol. The van der Waals surface area contributed by atoms with E-state index in [1.54, 1.807) is 6.20 Å². The zero-order chi connectivity index (χ0) is 15.2. The van der Waals surface area contributed by atoms with Crippen molar-refractivity contribution >= 4 is 11.6 Å². The quantitative estimate of drug-likeness (QED) is 0.886. The zero-order valence-corrected chi connectivity index (χ0v) is 12.7. The van der Waals surface area contributed by atoms with Gasteiger partial charge in [0, 0.05) is 24.0 Å². The van der Waals surface area contributed by atoms with Crippen molar-refractivity contribution < 1.29 is 4.79 Å². The van der Waals surface area contributed by atoms with Crippen LogP contribution in [0, 0.1) is 13.8 Å². The van der Waals surface area contributed by atoms with Crippen molar-refractivity contribution in [2.45, 2.75) is 27.3 Å². The standard InChI is InChI=1S/C17H21N3O/c1-4-18-15-8-7-14(10-13(15)3)17(21)20-11-16-12(2)6-5-9-19-16/h5-10,18H,4,11H2,1-3H3,(H,20,21). The van der Waals surface area contributed by atoms with Gasteiger partial charge in [0.1, 0.15) is 0 Å². The van der Waals surface area contributed by atoms with Crippen LogP contribution >= 0.6 is 0 Å². The molecule has 1 amide bonds. The molecule has 0 radical (unpaired) electrons. The average molecular weight is 283 g/mol. The molecule has 1 aromatic carbocycles. The summed E-state index contributed by atoms with van der Waals surface area (Å²) in [4.78, 5) is 16.5. The van der Waals surface area contributed by atoms with Gasteiger partial charge in [0.2, 0.25) is 0 Å². The summed E-state index contributed by atoms with van der Waals surface area (Å²) >= 11 is 0. The van der Waals surface area contributed by atoms with Gasteiger partial charge >= 0.3 is 0 Å². The van der Waals surface area contributed by atoms with Crippen molar-refractivity contribution in [3.8, 4) is 0 Å². The largest absolute Gasteiger partial charge is 0.385 e. The number of nitrogens with one attached hydrogen (secondary N) is 2. The van der Waals surface area contributed by atoms with E-state index < -0.39 is 0 Å². The fraction of sp³-hybridized carbons (Fsp3) is 0.294. The number of amides is 1. The van der Waals surface area contributed by atoms with Crippen LogP contribution in [0.4, 0.5) is 5.69 Å². The number of aromatic nitrogens is 1. The van der Waals surface area contributed by atoms with E-state index in [4.69, 9.17) is 0 Å². The fourth-order valence-electron chi connectivity index (χ4n) is 2.16. The lowest BCUT2D eigenvalue weighted by molar-refractivity contribution is 0.0950. The van der Waals surface area contributed by atoms with Crippen LogP contribution in [0.2, 0.25) is 0 Å². The highest BCUT2D eigenvalue weighted by atomic mass is 16.1. The Labute approximate surface area is 125 Å². The average Bonchev–Trinajstić information content (AvgIpc) is 2.48. The molecule has 0 bridgehead atoms. The highest BCUT2D eigenvalue weighted by Gasteiger charge is 2.08. The summed E-state index contributed by atoms with van der Waals surface area (Å²) in [6.07, 6.45) is 1.74. The van der Waals surface area contributed by atoms with E-state index in [0.717, 1.165) is 29.1 Å². The maximum absolute atomic E-state index is 12.2. The van der Waals surface area contributed by atoms with Crippen LogP contribution in [-0.2, 0) is 6.54 Å². The molecule has 0 aliphatic rings. The molecule has 0 saturated carbocycles. The second kappa shape index (κ2) is 6.88. The third kappa shape index (κ3) is 3.81. The van der Waals surface area contributed by atoms with Crippen LogP contribution in [0.15, 0.2) is 36.5 Å². The number of rotatable bonds is 5. The second-order valence-corrected chi connectivity index (χ2v) is 5.01. The SMILES string of the molecule is CCNc1ccc(C(=O)NCc2ncccc2C)cc1C. The first-order valence-corrected chi connectivity index (χ1v) is 7.15. The number of aryl methyl sites for hydroxylation is 2. The summed E-state index contributed by atoms with van der Waals surface area (Å²) in [5, 5.41) is 6.18. The summed E-state index contributed by atoms with van der Waals surface area (Å²) < 4.78 is 0. The van der Waals surface area contributed by atoms with Gasteiger partial charge in [-0.3, -0.25) is 9.78 Å². The maximum Gasteiger partial charge on any atom is 0.251 e. The van der Waals surface area contributed by atoms with E-state index in [0.29, 0.717) is 12.1 Å². The molecule has 4 nitrogen and oxygen atoms in total. The van der Waals surface area contributed by atoms with E-state index >= 15 is 0 Å². The van der Waals surface area contributed by atoms with Crippen molar-refractivity contribution in [3.05, 3.63) is 58.9 Å². The molecule has 0 atom stereocenters. The molecule has 2 N–H and O–H groups in total. The van der Waals surface area contributed by atoms with E-state index in [1.165, 1.54) is 0 Å². The summed E-state index contributed by atoms with van der Waals surface area (Å²) in [6.45, 7) is 7.35. The van der Waals surface area contributed by atoms with Gasteiger partial charge in [-0.25, -0.2) is 0 Å². The number of nitrogens with zero attached hydrogens (tertiary/aromatic N) is 1. The van der Waals surface area contributed by atoms with Crippen molar-refractivity contribution in [3.63, 3.8) is 0 Å². The summed E-state index contributed by atoms with van der Waals surface area (Å²) in [7, 11) is 0. The van der Waals surface area contributed by atoms with Gasteiger partial charge < -0.3 is 10.6 Å². The molecule has 0 aliphatic carbocycles. The van der Waals surface area contributed by atoms with E-state index in [2.05, 4.69) is 22.5 Å². The predicted molar refractivity (Wildman–Crippen MR) is 85.5 cm³/mol. The molecule has 110 valence electrons. The van der Waals surface area contributed by atoms with Crippen LogP contribution in [0.3, 0.4) is 0 Å². The first kappa shape index (κ1) is 15.0. The normalized spacial score (nSPS) is 10.2. The molecule has 4 heteroatoms. The Morgan fingerprint density at radius 3 is 2.67 bits per heavy atom. The Balaban J connectivity index is 2.04. The summed E-state index contributed by atoms with van der Waals surface area (Å²) in [5.41, 5.74) is 4.78. The van der Waals surface area contributed by atoms with E-state index in [9.17, 15) is 4.79 Å². The number of carbonyl (C=O) groups is 1. The number of hydrogen-bond donors (Lipinski definition) is 2. The molecule has 1 heterocycles. The molecule has 21 heavy (non-hydrogen) atoms. The third-order valence-corrected chi connectivity index (χ3v) is 3.39. The first-order chi connectivity index (χ1) is 10.1. The molecule has 0 spiro atoms. The van der Waals surface area contributed by atoms with Crippen LogP contribution in [0.5, 0.6) is 0 Å². The van der Waals surface area contributed by atoms with Crippen molar-refractivity contribution in [1.29, 1.82) is 0 Å². The number of pyridine rings is 1. The molecule has 1 aromatic heterocycles. The third-order valence-electron chi connectivity index (χ3n) is 3.39. The number of anilines is 1. The predicted octanol–water partition coefficient (Wildman–Crippen LogP) is 3.06. The van der Waals surface area contributed by atoms with Crippen LogP contribution in [-0.4, -0.2) is 17.4 Å². The van der Waals surface area contributed by atoms with Gasteiger partial charge in [0.15, 0.2) is 0 Å². The van der Waals surface area contributed by atoms with Gasteiger partial charge in [-0.2, -0.15) is 0 Å². The Kier molecular flexibility index (Phi) is 4.93. The van der Waals surface area contributed by atoms with Crippen molar-refractivity contribution in [2.24, 2.45) is 0 Å². The highest BCUT2D eigenvalue weighted by Crippen LogP contribution is 2.16. The van der Waals surface area contributed by atoms with Gasteiger partial charge in [0.25, 0.3) is 5.91 Å². The topological polar surface area (TPSA) is 54.0 Å². The monoisotopic (exact) mass is 283 g/mol. The second-order valence-electron chi connectivity index (χ2n) is 5.01. The lowest BCUT2D eigenvalue weighted by atomic mass is 10.1. The Bertz CT molecular complexity index is 638. The Morgan fingerprint density at radius 2 is 2.00 bits per heavy atom. The fourth-order valence-corrected chi connectivity index (χ4v) is 2.16. The summed E-state index contributed by atoms with van der Waals surface area (Å²) in [5.74, 6) is -0.0776. The minimum absolute atomic E-state index is 0.0776. The molecule has 2 rings (SSSR count). The van der Waals surface area contributed by atoms with E-state index in [-0.39, 0.29) is 5.91 Å². The molecule has 2 aromatic rings. The smallest absolute Gasteiger partial charge is 0.251 e. The van der Waals surface area contributed by atoms with Gasteiger partial charge in [-0.05, 0) is 56.2 Å². The lowest BCUT2D eigenvalue weighted by Gasteiger charge is -2.10. The first-order valence-electron chi connectivity index (χ1n) is 7.15. The van der Waals surface area contributed by atoms with E-state index in [1.807, 2.05) is 44.2 Å². The van der Waals surface area contributed by atoms with Crippen LogP contribution in [0.1, 0.15) is 34.1 Å². The molecule has 0 saturated heterocycles. The summed E-state index contributed by atoms with van der Waals surface area (Å²) in [6, 6.07) is 9.57. The van der Waals surface area contributed by atoms with Gasteiger partial charge in [-0.15, -0.1) is 0 Å². The minimum Gasteiger partial charge on any atom is -0.385 e. The molecule has 0 fully saturated rings. The Hall–Kier alpha value is -2.36. The number of carbonyl (C=O) groups excluding carboxylic acids is 1. The minimum atomic E-state index is -0.0776. The lowest BCUT2D eigenvalue weighted by Crippen LogP contribution is -2.23. The van der Waals surface area contributed by atoms with Crippen molar-refractivity contribution in [1.82, 2.24) is 10.3 Å². The highest BCUT2D eigenvalue weighted by molar-refractivity contribution is 5.94. The Morgan fingerprint density at radius 1 is 1.19 bits per heavy atom. The molecule has 0 unspecified atom stereocenters. The van der Waals surface area contributed by atoms with Crippen LogP contribution in [0.25, 0.3) is 0 Å². The number of benzene rings is 1. The molecular formula is C17H21N3O. The van der Waals surface area contributed by atoms with Gasteiger partial charge in [0.05, 0.1) is 12.2 Å². The van der Waals surface area contributed by atoms with Gasteiger partial charge in [-0.1, -0.05) is 6.07 Å². The zero-order valence-electron chi connectivity index (χ0n) is 12.7. The van der Waals surface area contributed by atoms with Crippen molar-refractivity contribution in [2.75, 3.05) is 11.9 Å². The maximum atomic E-state index is 12.2. The molecule has 0 aliphatic heterocycles. The van der Waals surface area contributed by atoms with Crippen LogP contribution < -0.4 is 10.6 Å².